The fourth-order valence-corrected chi connectivity index (χ4v) is 3.05. The lowest BCUT2D eigenvalue weighted by Gasteiger charge is -2.25. The summed E-state index contributed by atoms with van der Waals surface area (Å²) in [6.45, 7) is 2.19. The first kappa shape index (κ1) is 15.5. The van der Waals surface area contributed by atoms with E-state index in [0.717, 1.165) is 18.8 Å². The van der Waals surface area contributed by atoms with Crippen LogP contribution in [-0.2, 0) is 5.60 Å². The lowest BCUT2D eigenvalue weighted by Crippen LogP contribution is -2.25. The minimum absolute atomic E-state index is 0.662. The molecule has 3 nitrogen and oxygen atoms in total. The standard InChI is InChI=1S/C20H21NO2/c1-3-20(22,17-8-12-19(23-2)13-9-17)16-6-10-18(11-7-16)21-14-4-5-15-21/h1,6-13,22H,4-5,14-15H2,2H3. The number of aliphatic hydroxyl groups is 1. The number of hydrogen-bond donors (Lipinski definition) is 1. The maximum Gasteiger partial charge on any atom is 0.176 e. The van der Waals surface area contributed by atoms with Crippen molar-refractivity contribution in [2.75, 3.05) is 25.1 Å². The fourth-order valence-electron chi connectivity index (χ4n) is 3.05. The largest absolute Gasteiger partial charge is 0.497 e. The highest BCUT2D eigenvalue weighted by molar-refractivity contribution is 5.52. The van der Waals surface area contributed by atoms with Gasteiger partial charge in [-0.3, -0.25) is 0 Å². The third kappa shape index (κ3) is 2.91. The minimum Gasteiger partial charge on any atom is -0.497 e. The maximum absolute atomic E-state index is 11.0. The van der Waals surface area contributed by atoms with Gasteiger partial charge in [-0.05, 0) is 37.1 Å². The molecule has 1 N–H and O–H groups in total. The SMILES string of the molecule is C#CC(O)(c1ccc(OC)cc1)c1ccc(N2CCCC2)cc1. The summed E-state index contributed by atoms with van der Waals surface area (Å²) in [4.78, 5) is 2.35. The number of terminal acetylenes is 1. The summed E-state index contributed by atoms with van der Waals surface area (Å²) in [5.74, 6) is 3.27. The number of ether oxygens (including phenoxy) is 1. The van der Waals surface area contributed by atoms with Crippen molar-refractivity contribution >= 4 is 5.69 Å². The highest BCUT2D eigenvalue weighted by Gasteiger charge is 2.29. The predicted octanol–water partition coefficient (Wildman–Crippen LogP) is 3.16. The Bertz CT molecular complexity index is 694. The third-order valence-corrected chi connectivity index (χ3v) is 4.47. The lowest BCUT2D eigenvalue weighted by atomic mass is 9.87. The normalized spacial score (nSPS) is 16.7. The first-order valence-corrected chi connectivity index (χ1v) is 7.87. The second-order valence-corrected chi connectivity index (χ2v) is 5.82. The van der Waals surface area contributed by atoms with E-state index in [9.17, 15) is 5.11 Å². The van der Waals surface area contributed by atoms with Crippen LogP contribution in [0.1, 0.15) is 24.0 Å². The Morgan fingerprint density at radius 2 is 1.52 bits per heavy atom. The van der Waals surface area contributed by atoms with E-state index >= 15 is 0 Å². The third-order valence-electron chi connectivity index (χ3n) is 4.47. The van der Waals surface area contributed by atoms with Crippen molar-refractivity contribution < 1.29 is 9.84 Å². The Labute approximate surface area is 137 Å². The molecule has 1 aliphatic rings. The van der Waals surface area contributed by atoms with Crippen molar-refractivity contribution in [3.63, 3.8) is 0 Å². The second-order valence-electron chi connectivity index (χ2n) is 5.82. The average molecular weight is 307 g/mol. The van der Waals surface area contributed by atoms with E-state index in [4.69, 9.17) is 11.2 Å². The van der Waals surface area contributed by atoms with Gasteiger partial charge in [-0.25, -0.2) is 0 Å². The molecule has 118 valence electrons. The number of anilines is 1. The predicted molar refractivity (Wildman–Crippen MR) is 92.7 cm³/mol. The van der Waals surface area contributed by atoms with E-state index in [-0.39, 0.29) is 0 Å². The van der Waals surface area contributed by atoms with Gasteiger partial charge in [0.05, 0.1) is 7.11 Å². The molecule has 0 aliphatic carbocycles. The van der Waals surface area contributed by atoms with E-state index in [1.807, 2.05) is 24.3 Å². The van der Waals surface area contributed by atoms with Gasteiger partial charge in [0.2, 0.25) is 0 Å². The summed E-state index contributed by atoms with van der Waals surface area (Å²) >= 11 is 0. The molecule has 2 aromatic rings. The van der Waals surface area contributed by atoms with Crippen LogP contribution < -0.4 is 9.64 Å². The van der Waals surface area contributed by atoms with Gasteiger partial charge >= 0.3 is 0 Å². The van der Waals surface area contributed by atoms with Gasteiger partial charge in [0, 0.05) is 29.9 Å². The molecule has 0 spiro atoms. The van der Waals surface area contributed by atoms with Crippen molar-refractivity contribution in [3.05, 3.63) is 59.7 Å². The summed E-state index contributed by atoms with van der Waals surface area (Å²) in [5, 5.41) is 11.0. The summed E-state index contributed by atoms with van der Waals surface area (Å²) in [5.41, 5.74) is 1.11. The van der Waals surface area contributed by atoms with Crippen LogP contribution in [0.25, 0.3) is 0 Å². The number of methoxy groups -OCH3 is 1. The van der Waals surface area contributed by atoms with Crippen LogP contribution in [0.3, 0.4) is 0 Å². The van der Waals surface area contributed by atoms with E-state index in [1.54, 1.807) is 31.4 Å². The topological polar surface area (TPSA) is 32.7 Å². The Kier molecular flexibility index (Phi) is 4.27. The van der Waals surface area contributed by atoms with Crippen molar-refractivity contribution in [2.45, 2.75) is 18.4 Å². The van der Waals surface area contributed by atoms with Crippen LogP contribution in [0.4, 0.5) is 5.69 Å². The second kappa shape index (κ2) is 6.36. The molecule has 1 aliphatic heterocycles. The zero-order chi connectivity index (χ0) is 16.3. The van der Waals surface area contributed by atoms with Gasteiger partial charge in [-0.1, -0.05) is 30.2 Å². The van der Waals surface area contributed by atoms with Gasteiger partial charge in [-0.15, -0.1) is 6.42 Å². The number of benzene rings is 2. The first-order valence-electron chi connectivity index (χ1n) is 7.87. The Hall–Kier alpha value is -2.44. The number of hydrogen-bond acceptors (Lipinski definition) is 3. The maximum atomic E-state index is 11.0. The van der Waals surface area contributed by atoms with Crippen LogP contribution in [0.15, 0.2) is 48.5 Å². The minimum atomic E-state index is -1.43. The first-order chi connectivity index (χ1) is 11.2. The summed E-state index contributed by atoms with van der Waals surface area (Å²) in [7, 11) is 1.61. The van der Waals surface area contributed by atoms with Gasteiger partial charge in [0.1, 0.15) is 5.75 Å². The summed E-state index contributed by atoms with van der Waals surface area (Å²) < 4.78 is 5.16. The van der Waals surface area contributed by atoms with E-state index in [2.05, 4.69) is 10.8 Å². The molecule has 23 heavy (non-hydrogen) atoms. The molecule has 1 unspecified atom stereocenters. The van der Waals surface area contributed by atoms with Gasteiger partial charge in [-0.2, -0.15) is 0 Å². The monoisotopic (exact) mass is 307 g/mol. The Morgan fingerprint density at radius 3 is 2.00 bits per heavy atom. The molecule has 1 atom stereocenters. The quantitative estimate of drug-likeness (QED) is 0.881. The molecule has 0 radical (unpaired) electrons. The van der Waals surface area contributed by atoms with Gasteiger partial charge in [0.15, 0.2) is 5.60 Å². The highest BCUT2D eigenvalue weighted by Crippen LogP contribution is 2.32. The molecule has 1 fully saturated rings. The van der Waals surface area contributed by atoms with Crippen LogP contribution in [-0.4, -0.2) is 25.3 Å². The molecule has 1 heterocycles. The summed E-state index contributed by atoms with van der Waals surface area (Å²) in [6.07, 6.45) is 8.14. The van der Waals surface area contributed by atoms with Crippen LogP contribution in [0, 0.1) is 12.3 Å². The molecule has 3 rings (SSSR count). The molecule has 3 heteroatoms. The molecule has 0 saturated carbocycles. The summed E-state index contributed by atoms with van der Waals surface area (Å²) in [6, 6.07) is 15.1. The Morgan fingerprint density at radius 1 is 1.00 bits per heavy atom. The zero-order valence-electron chi connectivity index (χ0n) is 13.3. The average Bonchev–Trinajstić information content (AvgIpc) is 3.16. The fraction of sp³-hybridized carbons (Fsp3) is 0.300. The van der Waals surface area contributed by atoms with Crippen molar-refractivity contribution in [2.24, 2.45) is 0 Å². The molecular weight excluding hydrogens is 286 g/mol. The van der Waals surface area contributed by atoms with Crippen molar-refractivity contribution in [1.29, 1.82) is 0 Å². The molecule has 0 aromatic heterocycles. The van der Waals surface area contributed by atoms with Crippen molar-refractivity contribution in [3.8, 4) is 18.1 Å². The number of nitrogens with zero attached hydrogens (tertiary/aromatic N) is 1. The smallest absolute Gasteiger partial charge is 0.176 e. The van der Waals surface area contributed by atoms with Gasteiger partial charge < -0.3 is 14.7 Å². The molecule has 0 bridgehead atoms. The molecule has 1 saturated heterocycles. The molecule has 2 aromatic carbocycles. The van der Waals surface area contributed by atoms with Crippen LogP contribution >= 0.6 is 0 Å². The van der Waals surface area contributed by atoms with E-state index in [0.29, 0.717) is 11.1 Å². The molecule has 0 amide bonds. The zero-order valence-corrected chi connectivity index (χ0v) is 13.3. The molecular formula is C20H21NO2. The van der Waals surface area contributed by atoms with Gasteiger partial charge in [0.25, 0.3) is 0 Å². The van der Waals surface area contributed by atoms with Crippen molar-refractivity contribution in [1.82, 2.24) is 0 Å². The van der Waals surface area contributed by atoms with E-state index in [1.165, 1.54) is 18.5 Å². The Balaban J connectivity index is 1.90. The van der Waals surface area contributed by atoms with Crippen LogP contribution in [0.2, 0.25) is 0 Å². The van der Waals surface area contributed by atoms with E-state index < -0.39 is 5.60 Å². The highest BCUT2D eigenvalue weighted by atomic mass is 16.5. The lowest BCUT2D eigenvalue weighted by molar-refractivity contribution is 0.145. The number of rotatable bonds is 4. The van der Waals surface area contributed by atoms with Crippen LogP contribution in [0.5, 0.6) is 5.75 Å².